The molecule has 0 aromatic heterocycles. The van der Waals surface area contributed by atoms with Gasteiger partial charge in [0.15, 0.2) is 0 Å². The summed E-state index contributed by atoms with van der Waals surface area (Å²) in [5.41, 5.74) is 0. The largest absolute Gasteiger partial charge is 0.394 e. The number of aliphatic hydroxyl groups excluding tert-OH is 3. The van der Waals surface area contributed by atoms with Crippen molar-refractivity contribution in [1.29, 1.82) is 0 Å². The predicted molar refractivity (Wildman–Crippen MR) is 218 cm³/mol. The van der Waals surface area contributed by atoms with Crippen molar-refractivity contribution in [1.82, 2.24) is 5.32 Å². The molecule has 3 atom stereocenters. The van der Waals surface area contributed by atoms with E-state index >= 15 is 0 Å². The molecule has 0 heterocycles. The normalized spacial score (nSPS) is 13.8. The van der Waals surface area contributed by atoms with Crippen LogP contribution in [0.4, 0.5) is 0 Å². The molecule has 296 valence electrons. The van der Waals surface area contributed by atoms with Crippen LogP contribution in [0.2, 0.25) is 0 Å². The number of unbranched alkanes of at least 4 members (excludes halogenated alkanes) is 29. The van der Waals surface area contributed by atoms with Crippen LogP contribution in [0.3, 0.4) is 0 Å². The molecule has 0 aliphatic heterocycles. The molecule has 0 fully saturated rings. The minimum absolute atomic E-state index is 0.00965. The van der Waals surface area contributed by atoms with E-state index in [2.05, 4.69) is 31.3 Å². The number of amides is 1. The van der Waals surface area contributed by atoms with Crippen molar-refractivity contribution in [2.75, 3.05) is 6.61 Å². The van der Waals surface area contributed by atoms with Gasteiger partial charge in [-0.1, -0.05) is 218 Å². The molecule has 0 aliphatic rings. The fourth-order valence-corrected chi connectivity index (χ4v) is 6.83. The Bertz CT molecular complexity index is 739. The molecule has 3 unspecified atom stereocenters. The molecule has 0 spiro atoms. The van der Waals surface area contributed by atoms with Crippen molar-refractivity contribution in [2.24, 2.45) is 0 Å². The Hall–Kier alpha value is -1.17. The quantitative estimate of drug-likeness (QED) is 0.0377. The van der Waals surface area contributed by atoms with Gasteiger partial charge < -0.3 is 20.6 Å². The van der Waals surface area contributed by atoms with Crippen LogP contribution in [-0.2, 0) is 4.79 Å². The smallest absolute Gasteiger partial charge is 0.222 e. The number of carbonyl (C=O) groups excluding carboxylic acids is 1. The van der Waals surface area contributed by atoms with Crippen LogP contribution >= 0.6 is 0 Å². The third-order valence-electron chi connectivity index (χ3n) is 10.2. The Labute approximate surface area is 312 Å². The standard InChI is InChI=1S/C45H87NO4/c1-3-5-7-9-11-13-15-17-18-19-20-21-22-23-24-25-27-28-30-32-34-36-38-42(48)40-45(50)46-43(41-47)44(49)39-37-35-33-31-29-26-16-14-12-10-8-6-4-2/h29,31,37,39,42-44,47-49H,3-28,30,32-36,38,40-41H2,1-2H3,(H,46,50)/b31-29+,39-37+. The van der Waals surface area contributed by atoms with E-state index in [0.717, 1.165) is 32.1 Å². The fourth-order valence-electron chi connectivity index (χ4n) is 6.83. The van der Waals surface area contributed by atoms with Gasteiger partial charge in [-0.25, -0.2) is 0 Å². The number of allylic oxidation sites excluding steroid dienone is 3. The maximum atomic E-state index is 12.4. The third kappa shape index (κ3) is 36.6. The first-order chi connectivity index (χ1) is 24.5. The number of rotatable bonds is 40. The molecule has 0 aromatic rings. The predicted octanol–water partition coefficient (Wildman–Crippen LogP) is 12.6. The first kappa shape index (κ1) is 48.8. The molecule has 5 nitrogen and oxygen atoms in total. The first-order valence-corrected chi connectivity index (χ1v) is 22.1. The fraction of sp³-hybridized carbons (Fsp3) is 0.889. The van der Waals surface area contributed by atoms with Crippen LogP contribution in [0, 0.1) is 0 Å². The summed E-state index contributed by atoms with van der Waals surface area (Å²) < 4.78 is 0. The Morgan fingerprint density at radius 2 is 0.860 bits per heavy atom. The second-order valence-electron chi connectivity index (χ2n) is 15.3. The highest BCUT2D eigenvalue weighted by atomic mass is 16.3. The molecule has 0 saturated carbocycles. The zero-order chi connectivity index (χ0) is 36.6. The van der Waals surface area contributed by atoms with Gasteiger partial charge in [-0.2, -0.15) is 0 Å². The van der Waals surface area contributed by atoms with Gasteiger partial charge in [0.1, 0.15) is 0 Å². The van der Waals surface area contributed by atoms with Crippen molar-refractivity contribution in [3.63, 3.8) is 0 Å². The van der Waals surface area contributed by atoms with Crippen molar-refractivity contribution in [2.45, 2.75) is 250 Å². The van der Waals surface area contributed by atoms with Crippen molar-refractivity contribution in [3.8, 4) is 0 Å². The van der Waals surface area contributed by atoms with Gasteiger partial charge in [0.2, 0.25) is 5.91 Å². The van der Waals surface area contributed by atoms with Gasteiger partial charge in [-0.3, -0.25) is 4.79 Å². The molecular formula is C45H87NO4. The average Bonchev–Trinajstić information content (AvgIpc) is 3.11. The number of carbonyl (C=O) groups is 1. The van der Waals surface area contributed by atoms with Crippen molar-refractivity contribution >= 4 is 5.91 Å². The van der Waals surface area contributed by atoms with Gasteiger partial charge in [0.25, 0.3) is 0 Å². The van der Waals surface area contributed by atoms with E-state index in [1.54, 1.807) is 6.08 Å². The monoisotopic (exact) mass is 706 g/mol. The summed E-state index contributed by atoms with van der Waals surface area (Å²) in [5, 5.41) is 33.1. The molecule has 0 aromatic carbocycles. The maximum absolute atomic E-state index is 12.4. The van der Waals surface area contributed by atoms with Crippen LogP contribution in [-0.4, -0.2) is 46.1 Å². The molecule has 1 amide bonds. The summed E-state index contributed by atoms with van der Waals surface area (Å²) in [6.07, 6.45) is 49.0. The molecule has 5 heteroatoms. The third-order valence-corrected chi connectivity index (χ3v) is 10.2. The summed E-state index contributed by atoms with van der Waals surface area (Å²) in [4.78, 5) is 12.4. The first-order valence-electron chi connectivity index (χ1n) is 22.1. The van der Waals surface area contributed by atoms with Crippen LogP contribution < -0.4 is 5.32 Å². The lowest BCUT2D eigenvalue weighted by molar-refractivity contribution is -0.124. The van der Waals surface area contributed by atoms with E-state index in [0.29, 0.717) is 6.42 Å². The molecule has 0 bridgehead atoms. The summed E-state index contributed by atoms with van der Waals surface area (Å²) >= 11 is 0. The number of aliphatic hydroxyl groups is 3. The molecule has 50 heavy (non-hydrogen) atoms. The second-order valence-corrected chi connectivity index (χ2v) is 15.3. The maximum Gasteiger partial charge on any atom is 0.222 e. The molecule has 0 aliphatic carbocycles. The topological polar surface area (TPSA) is 89.8 Å². The number of nitrogens with one attached hydrogen (secondary N) is 1. The lowest BCUT2D eigenvalue weighted by Gasteiger charge is -2.21. The lowest BCUT2D eigenvalue weighted by atomic mass is 10.0. The summed E-state index contributed by atoms with van der Waals surface area (Å²) in [5.74, 6) is -0.323. The highest BCUT2D eigenvalue weighted by Crippen LogP contribution is 2.16. The van der Waals surface area contributed by atoms with Gasteiger partial charge in [-0.05, 0) is 32.1 Å². The molecule has 0 radical (unpaired) electrons. The van der Waals surface area contributed by atoms with Crippen molar-refractivity contribution < 1.29 is 20.1 Å². The van der Waals surface area contributed by atoms with Crippen LogP contribution in [0.25, 0.3) is 0 Å². The Kier molecular flexibility index (Phi) is 39.6. The van der Waals surface area contributed by atoms with E-state index in [4.69, 9.17) is 0 Å². The van der Waals surface area contributed by atoms with E-state index in [-0.39, 0.29) is 18.9 Å². The zero-order valence-electron chi connectivity index (χ0n) is 33.5. The molecular weight excluding hydrogens is 618 g/mol. The SMILES string of the molecule is CCCCCCCCC/C=C/CC/C=C/C(O)C(CO)NC(=O)CC(O)CCCCCCCCCCCCCCCCCCCCCCCC. The Morgan fingerprint density at radius 1 is 0.500 bits per heavy atom. The van der Waals surface area contributed by atoms with Crippen LogP contribution in [0.5, 0.6) is 0 Å². The van der Waals surface area contributed by atoms with Crippen molar-refractivity contribution in [3.05, 3.63) is 24.3 Å². The average molecular weight is 706 g/mol. The molecule has 0 saturated heterocycles. The van der Waals surface area contributed by atoms with E-state index in [1.807, 2.05) is 6.08 Å². The van der Waals surface area contributed by atoms with E-state index in [1.165, 1.54) is 173 Å². The van der Waals surface area contributed by atoms with Gasteiger partial charge in [-0.15, -0.1) is 0 Å². The van der Waals surface area contributed by atoms with Gasteiger partial charge in [0, 0.05) is 0 Å². The lowest BCUT2D eigenvalue weighted by Crippen LogP contribution is -2.45. The summed E-state index contributed by atoms with van der Waals surface area (Å²) in [6, 6.07) is -0.756. The van der Waals surface area contributed by atoms with Crippen LogP contribution in [0.15, 0.2) is 24.3 Å². The molecule has 0 rings (SSSR count). The minimum Gasteiger partial charge on any atom is -0.394 e. The highest BCUT2D eigenvalue weighted by Gasteiger charge is 2.20. The molecule has 4 N–H and O–H groups in total. The van der Waals surface area contributed by atoms with E-state index in [9.17, 15) is 20.1 Å². The van der Waals surface area contributed by atoms with Gasteiger partial charge >= 0.3 is 0 Å². The number of hydrogen-bond donors (Lipinski definition) is 4. The second kappa shape index (κ2) is 40.6. The van der Waals surface area contributed by atoms with Gasteiger partial charge in [0.05, 0.1) is 31.3 Å². The zero-order valence-corrected chi connectivity index (χ0v) is 33.5. The minimum atomic E-state index is -0.947. The summed E-state index contributed by atoms with van der Waals surface area (Å²) in [7, 11) is 0. The highest BCUT2D eigenvalue weighted by molar-refractivity contribution is 5.76. The Balaban J connectivity index is 3.62. The Morgan fingerprint density at radius 3 is 1.28 bits per heavy atom. The number of hydrogen-bond acceptors (Lipinski definition) is 4. The van der Waals surface area contributed by atoms with Crippen LogP contribution in [0.1, 0.15) is 232 Å². The van der Waals surface area contributed by atoms with E-state index < -0.39 is 18.2 Å². The summed E-state index contributed by atoms with van der Waals surface area (Å²) in [6.45, 7) is 4.20.